The fourth-order valence-electron chi connectivity index (χ4n) is 6.65. The lowest BCUT2D eigenvalue weighted by molar-refractivity contribution is -0.139. The highest BCUT2D eigenvalue weighted by atomic mass is 16.5. The van der Waals surface area contributed by atoms with Gasteiger partial charge in [0.2, 0.25) is 11.8 Å². The largest absolute Gasteiger partial charge is 0.494 e. The minimum Gasteiger partial charge on any atom is -0.494 e. The predicted molar refractivity (Wildman–Crippen MR) is 225 cm³/mol. The van der Waals surface area contributed by atoms with E-state index >= 15 is 0 Å². The molecule has 8 atom stereocenters. The number of nitrogens with zero attached hydrogens (tertiary/aromatic N) is 2. The van der Waals surface area contributed by atoms with E-state index in [2.05, 4.69) is 63.3 Å². The third-order valence-corrected chi connectivity index (χ3v) is 10.1. The van der Waals surface area contributed by atoms with E-state index in [1.54, 1.807) is 36.4 Å². The zero-order chi connectivity index (χ0) is 40.8. The van der Waals surface area contributed by atoms with Gasteiger partial charge < -0.3 is 35.0 Å². The number of carboxylic acids is 1. The van der Waals surface area contributed by atoms with Crippen molar-refractivity contribution in [1.82, 2.24) is 20.4 Å². The Morgan fingerprint density at radius 2 is 1.67 bits per heavy atom. The van der Waals surface area contributed by atoms with Crippen LogP contribution < -0.4 is 10.6 Å². The van der Waals surface area contributed by atoms with Gasteiger partial charge >= 0.3 is 5.97 Å². The number of amides is 2. The second-order valence-electron chi connectivity index (χ2n) is 14.1. The number of nitrogens with one attached hydrogen (secondary N) is 2. The lowest BCUT2D eigenvalue weighted by Crippen LogP contribution is -2.51. The zero-order valence-corrected chi connectivity index (χ0v) is 35.5. The van der Waals surface area contributed by atoms with E-state index in [9.17, 15) is 19.5 Å². The maximum absolute atomic E-state index is 13.3. The lowest BCUT2D eigenvalue weighted by atomic mass is 9.90. The Balaban J connectivity index is 0. The van der Waals surface area contributed by atoms with Crippen LogP contribution in [0.2, 0.25) is 0 Å². The summed E-state index contributed by atoms with van der Waals surface area (Å²) in [5.74, 6) is -1.01. The molecule has 4 unspecified atom stereocenters. The first-order chi connectivity index (χ1) is 25.2. The highest BCUT2D eigenvalue weighted by Crippen LogP contribution is 2.39. The van der Waals surface area contributed by atoms with Crippen molar-refractivity contribution >= 4 is 17.8 Å². The van der Waals surface area contributed by atoms with Crippen molar-refractivity contribution in [2.45, 2.75) is 159 Å². The maximum Gasteiger partial charge on any atom is 0.326 e. The van der Waals surface area contributed by atoms with E-state index in [-0.39, 0.29) is 80.2 Å². The Labute approximate surface area is 330 Å². The van der Waals surface area contributed by atoms with Gasteiger partial charge in [-0.2, -0.15) is 0 Å². The summed E-state index contributed by atoms with van der Waals surface area (Å²) in [6.45, 7) is 32.8. The van der Waals surface area contributed by atoms with Crippen LogP contribution in [0.5, 0.6) is 0 Å². The molecule has 0 aliphatic carbocycles. The summed E-state index contributed by atoms with van der Waals surface area (Å²) in [4.78, 5) is 42.0. The topological polar surface area (TPSA) is 120 Å². The highest BCUT2D eigenvalue weighted by Gasteiger charge is 2.44. The van der Waals surface area contributed by atoms with Gasteiger partial charge in [-0.1, -0.05) is 135 Å². The number of likely N-dealkylation sites (tertiary alicyclic amines) is 1. The third kappa shape index (κ3) is 15.2. The molecule has 54 heavy (non-hydrogen) atoms. The fraction of sp³-hybridized carbons (Fsp3) is 0.705. The first-order valence-corrected chi connectivity index (χ1v) is 20.2. The molecule has 10 nitrogen and oxygen atoms in total. The fourth-order valence-corrected chi connectivity index (χ4v) is 6.65. The molecule has 3 rings (SSSR count). The number of rotatable bonds is 17. The van der Waals surface area contributed by atoms with Gasteiger partial charge in [0.05, 0.1) is 30.0 Å². The molecule has 3 aliphatic heterocycles. The van der Waals surface area contributed by atoms with E-state index in [0.717, 1.165) is 42.8 Å². The normalized spacial score (nSPS) is 22.2. The van der Waals surface area contributed by atoms with Crippen LogP contribution in [0.1, 0.15) is 129 Å². The molecule has 0 bridgehead atoms. The van der Waals surface area contributed by atoms with Gasteiger partial charge in [0, 0.05) is 38.3 Å². The van der Waals surface area contributed by atoms with Gasteiger partial charge in [-0.05, 0) is 30.3 Å². The molecule has 1 saturated heterocycles. The number of likely N-dealkylation sites (N-methyl/N-ethyl adjacent to an activating group) is 1. The van der Waals surface area contributed by atoms with Gasteiger partial charge in [0.1, 0.15) is 30.8 Å². The van der Waals surface area contributed by atoms with E-state index in [4.69, 9.17) is 9.47 Å². The average Bonchev–Trinajstić information content (AvgIpc) is 3.91. The highest BCUT2D eigenvalue weighted by molar-refractivity contribution is 5.85. The average molecular weight is 761 g/mol. The Kier molecular flexibility index (Phi) is 27.0. The molecule has 3 N–H and O–H groups in total. The Morgan fingerprint density at radius 1 is 1.06 bits per heavy atom. The van der Waals surface area contributed by atoms with Crippen molar-refractivity contribution in [3.05, 3.63) is 60.9 Å². The first kappa shape index (κ1) is 52.4. The van der Waals surface area contributed by atoms with Gasteiger partial charge in [0.15, 0.2) is 0 Å². The summed E-state index contributed by atoms with van der Waals surface area (Å²) in [6.07, 6.45) is 13.2. The summed E-state index contributed by atoms with van der Waals surface area (Å²) < 4.78 is 12.5. The molecule has 312 valence electrons. The second-order valence-corrected chi connectivity index (χ2v) is 14.1. The second kappa shape index (κ2) is 27.8. The van der Waals surface area contributed by atoms with Crippen molar-refractivity contribution in [1.29, 1.82) is 0 Å². The molecule has 0 spiro atoms. The molecular formula is C44H80N4O6. The molecule has 3 heterocycles. The molecular weight excluding hydrogens is 681 g/mol. The van der Waals surface area contributed by atoms with Crippen molar-refractivity contribution in [3.8, 4) is 0 Å². The number of ether oxygens (including phenoxy) is 2. The van der Waals surface area contributed by atoms with Crippen LogP contribution in [0.15, 0.2) is 60.9 Å². The number of carbonyl (C=O) groups excluding carboxylic acids is 2. The zero-order valence-electron chi connectivity index (χ0n) is 35.5. The monoisotopic (exact) mass is 761 g/mol. The van der Waals surface area contributed by atoms with Gasteiger partial charge in [-0.15, -0.1) is 0 Å². The molecule has 0 radical (unpaired) electrons. The lowest BCUT2D eigenvalue weighted by Gasteiger charge is -2.37. The molecule has 1 fully saturated rings. The number of carboxylic acid groups (broad SMARTS) is 1. The molecule has 0 aromatic rings. The molecule has 0 aromatic heterocycles. The summed E-state index contributed by atoms with van der Waals surface area (Å²) in [6, 6.07) is -0.878. The Hall–Kier alpha value is -3.69. The molecule has 0 aromatic carbocycles. The minimum atomic E-state index is -0.943. The van der Waals surface area contributed by atoms with Crippen LogP contribution in [0.25, 0.3) is 0 Å². The van der Waals surface area contributed by atoms with Crippen LogP contribution >= 0.6 is 0 Å². The summed E-state index contributed by atoms with van der Waals surface area (Å²) in [7, 11) is 1.81. The van der Waals surface area contributed by atoms with Gasteiger partial charge in [0.25, 0.3) is 0 Å². The van der Waals surface area contributed by atoms with Crippen molar-refractivity contribution in [3.63, 3.8) is 0 Å². The quantitative estimate of drug-likeness (QED) is 0.126. The van der Waals surface area contributed by atoms with E-state index < -0.39 is 12.0 Å². The van der Waals surface area contributed by atoms with E-state index in [1.807, 2.05) is 54.7 Å². The molecule has 2 amide bonds. The number of carbonyl (C=O) groups is 3. The molecule has 10 heteroatoms. The van der Waals surface area contributed by atoms with Gasteiger partial charge in [-0.3, -0.25) is 9.59 Å². The van der Waals surface area contributed by atoms with E-state index in [1.165, 1.54) is 6.42 Å². The van der Waals surface area contributed by atoms with Crippen LogP contribution in [0.3, 0.4) is 0 Å². The number of aliphatic carboxylic acids is 1. The van der Waals surface area contributed by atoms with Crippen LogP contribution in [-0.2, 0) is 23.9 Å². The van der Waals surface area contributed by atoms with Crippen molar-refractivity contribution in [2.24, 2.45) is 23.7 Å². The van der Waals surface area contributed by atoms with E-state index in [0.29, 0.717) is 6.42 Å². The number of allylic oxidation sites excluding steroid dienone is 3. The number of hydrogen-bond donors (Lipinski definition) is 3. The SMILES string of the molecule is C.C=C/C=C(\C=C)C[C@H](NC1=CO[C@@H]([C@@H]2CCCN2C2=COC(C(C(C)CC)N(C)C(=O)CNC(=O)C(C)C(C)C)C2)[C@H]1C)C(=O)O.CC.CC.CCC. The van der Waals surface area contributed by atoms with Gasteiger partial charge in [-0.25, -0.2) is 4.79 Å². The smallest absolute Gasteiger partial charge is 0.326 e. The minimum absolute atomic E-state index is 0. The summed E-state index contributed by atoms with van der Waals surface area (Å²) in [5, 5.41) is 15.9. The van der Waals surface area contributed by atoms with Crippen molar-refractivity contribution in [2.75, 3.05) is 20.1 Å². The predicted octanol–water partition coefficient (Wildman–Crippen LogP) is 9.07. The molecule has 0 saturated carbocycles. The number of hydrogen-bond acceptors (Lipinski definition) is 7. The van der Waals surface area contributed by atoms with Crippen LogP contribution in [0.4, 0.5) is 0 Å². The summed E-state index contributed by atoms with van der Waals surface area (Å²) in [5.41, 5.74) is 2.65. The standard InChI is InChI=1S/C36H56N4O6.C3H8.2C2H6.CH4/c1-10-14-26(12-3)17-28(36(43)44)38-29-21-46-34(25(29)8)30-15-13-16-40(30)27-18-31(45-20-27)33(23(6)11-2)39(9)32(41)19-37-35(42)24(7)22(4)5;1-3-2;2*1-2;/h10,12,14,20-25,28,30-31,33-34,38H,1,3,11,13,15-19H2,2,4-9H3,(H,37,42)(H,43,44);3H2,1-2H3;2*1-2H3;1H4/b26-14+;;;;/t23?,24?,25-,28-,30-,31?,33?,34+;;;;/m0..../s1. The maximum atomic E-state index is 13.3. The van der Waals surface area contributed by atoms with Crippen molar-refractivity contribution < 1.29 is 29.0 Å². The van der Waals surface area contributed by atoms with Crippen LogP contribution in [-0.4, -0.2) is 83.2 Å². The third-order valence-electron chi connectivity index (χ3n) is 10.1. The Morgan fingerprint density at radius 3 is 2.19 bits per heavy atom. The Bertz CT molecular complexity index is 1230. The first-order valence-electron chi connectivity index (χ1n) is 20.2. The molecule has 3 aliphatic rings. The summed E-state index contributed by atoms with van der Waals surface area (Å²) >= 11 is 0. The van der Waals surface area contributed by atoms with Crippen LogP contribution in [0, 0.1) is 23.7 Å².